The van der Waals surface area contributed by atoms with E-state index in [1.54, 1.807) is 0 Å². The van der Waals surface area contributed by atoms with Crippen LogP contribution in [0.5, 0.6) is 5.75 Å². The number of benzene rings is 1. The standard InChI is InChI=1S/C27H28N6OS/c1-2-34-21-14-23(26-24-16-29-30-27(24)31-33(26)17-21)20-8-9-25(28-15-20)32-12-10-22(11-13-32)35-18-19-6-4-3-5-7-19/h3-9,14-17,22H,2,10-13,18H2,1H3,(H,30,31). The Labute approximate surface area is 208 Å². The van der Waals surface area contributed by atoms with E-state index in [1.807, 2.05) is 30.0 Å². The first kappa shape index (κ1) is 22.0. The molecule has 0 radical (unpaired) electrons. The van der Waals surface area contributed by atoms with Crippen molar-refractivity contribution in [1.29, 1.82) is 0 Å². The summed E-state index contributed by atoms with van der Waals surface area (Å²) in [4.78, 5) is 7.26. The van der Waals surface area contributed by atoms with E-state index < -0.39 is 0 Å². The van der Waals surface area contributed by atoms with E-state index in [1.165, 1.54) is 18.4 Å². The second-order valence-corrected chi connectivity index (χ2v) is 10.1. The molecular weight excluding hydrogens is 456 g/mol. The fraction of sp³-hybridized carbons (Fsp3) is 0.296. The molecule has 1 saturated heterocycles. The summed E-state index contributed by atoms with van der Waals surface area (Å²) in [6, 6.07) is 17.1. The summed E-state index contributed by atoms with van der Waals surface area (Å²) in [5.41, 5.74) is 5.25. The number of hydrogen-bond acceptors (Lipinski definition) is 6. The molecule has 4 aromatic heterocycles. The molecule has 6 rings (SSSR count). The number of H-pyrrole nitrogens is 1. The molecule has 0 atom stereocenters. The Hall–Kier alpha value is -3.52. The van der Waals surface area contributed by atoms with Crippen molar-refractivity contribution in [2.75, 3.05) is 24.6 Å². The smallest absolute Gasteiger partial charge is 0.178 e. The van der Waals surface area contributed by atoms with Gasteiger partial charge in [-0.3, -0.25) is 5.10 Å². The molecule has 0 unspecified atom stereocenters. The van der Waals surface area contributed by atoms with Crippen molar-refractivity contribution < 1.29 is 4.74 Å². The predicted octanol–water partition coefficient (Wildman–Crippen LogP) is 5.57. The normalized spacial score (nSPS) is 14.7. The molecule has 1 N–H and O–H groups in total. The van der Waals surface area contributed by atoms with Gasteiger partial charge in [-0.1, -0.05) is 30.3 Å². The Morgan fingerprint density at radius 2 is 1.94 bits per heavy atom. The minimum atomic E-state index is 0.600. The quantitative estimate of drug-likeness (QED) is 0.325. The highest BCUT2D eigenvalue weighted by Crippen LogP contribution is 2.34. The van der Waals surface area contributed by atoms with Gasteiger partial charge in [0.1, 0.15) is 11.6 Å². The summed E-state index contributed by atoms with van der Waals surface area (Å²) in [5.74, 6) is 2.91. The summed E-state index contributed by atoms with van der Waals surface area (Å²) in [5, 5.41) is 13.4. The summed E-state index contributed by atoms with van der Waals surface area (Å²) in [6.45, 7) is 4.67. The number of hydrogen-bond donors (Lipinski definition) is 1. The number of rotatable bonds is 7. The maximum absolute atomic E-state index is 5.81. The van der Waals surface area contributed by atoms with Crippen LogP contribution in [-0.4, -0.2) is 49.7 Å². The van der Waals surface area contributed by atoms with Crippen molar-refractivity contribution >= 4 is 34.1 Å². The zero-order valence-corrected chi connectivity index (χ0v) is 20.5. The van der Waals surface area contributed by atoms with Crippen LogP contribution in [0.4, 0.5) is 5.82 Å². The lowest BCUT2D eigenvalue weighted by molar-refractivity contribution is 0.338. The van der Waals surface area contributed by atoms with Gasteiger partial charge in [0.05, 0.1) is 29.9 Å². The zero-order valence-electron chi connectivity index (χ0n) is 19.7. The molecule has 1 aliphatic rings. The first-order valence-corrected chi connectivity index (χ1v) is 13.2. The van der Waals surface area contributed by atoms with Crippen LogP contribution < -0.4 is 9.64 Å². The minimum absolute atomic E-state index is 0.600. The van der Waals surface area contributed by atoms with E-state index in [2.05, 4.69) is 80.5 Å². The van der Waals surface area contributed by atoms with Crippen molar-refractivity contribution in [3.05, 3.63) is 72.7 Å². The second-order valence-electron chi connectivity index (χ2n) is 8.84. The lowest BCUT2D eigenvalue weighted by Gasteiger charge is -2.32. The van der Waals surface area contributed by atoms with Crippen LogP contribution in [0.25, 0.3) is 27.7 Å². The Morgan fingerprint density at radius 3 is 2.71 bits per heavy atom. The van der Waals surface area contributed by atoms with Gasteiger partial charge < -0.3 is 9.64 Å². The SMILES string of the molecule is CCOc1cc(-c2ccc(N3CCC(SCc4ccccc4)CC3)nc2)c2c3cn[nH]c3nn2c1. The molecule has 5 heterocycles. The molecule has 0 saturated carbocycles. The highest BCUT2D eigenvalue weighted by atomic mass is 32.2. The number of thioether (sulfide) groups is 1. The Morgan fingerprint density at radius 1 is 1.09 bits per heavy atom. The van der Waals surface area contributed by atoms with Crippen LogP contribution >= 0.6 is 11.8 Å². The first-order chi connectivity index (χ1) is 17.3. The van der Waals surface area contributed by atoms with E-state index in [0.29, 0.717) is 11.9 Å². The number of nitrogens with zero attached hydrogens (tertiary/aromatic N) is 5. The van der Waals surface area contributed by atoms with E-state index >= 15 is 0 Å². The van der Waals surface area contributed by atoms with Crippen molar-refractivity contribution in [3.8, 4) is 16.9 Å². The molecule has 5 aromatic rings. The second kappa shape index (κ2) is 9.62. The Balaban J connectivity index is 1.18. The van der Waals surface area contributed by atoms with Crippen molar-refractivity contribution in [1.82, 2.24) is 24.8 Å². The minimum Gasteiger partial charge on any atom is -0.492 e. The first-order valence-electron chi connectivity index (χ1n) is 12.1. The maximum Gasteiger partial charge on any atom is 0.178 e. The van der Waals surface area contributed by atoms with Gasteiger partial charge in [-0.2, -0.15) is 16.9 Å². The molecule has 0 aliphatic carbocycles. The van der Waals surface area contributed by atoms with Crippen molar-refractivity contribution in [2.24, 2.45) is 0 Å². The molecule has 0 amide bonds. The molecule has 8 heteroatoms. The van der Waals surface area contributed by atoms with Crippen LogP contribution in [-0.2, 0) is 5.75 Å². The lowest BCUT2D eigenvalue weighted by Crippen LogP contribution is -2.35. The maximum atomic E-state index is 5.81. The van der Waals surface area contributed by atoms with Gasteiger partial charge in [-0.05, 0) is 43.5 Å². The van der Waals surface area contributed by atoms with Crippen LogP contribution in [0.2, 0.25) is 0 Å². The number of anilines is 1. The fourth-order valence-electron chi connectivity index (χ4n) is 4.78. The van der Waals surface area contributed by atoms with Gasteiger partial charge >= 0.3 is 0 Å². The third-order valence-electron chi connectivity index (χ3n) is 6.57. The van der Waals surface area contributed by atoms with Gasteiger partial charge in [0.2, 0.25) is 0 Å². The molecule has 35 heavy (non-hydrogen) atoms. The summed E-state index contributed by atoms with van der Waals surface area (Å²) < 4.78 is 7.68. The molecule has 0 bridgehead atoms. The zero-order chi connectivity index (χ0) is 23.6. The molecule has 1 aliphatic heterocycles. The largest absolute Gasteiger partial charge is 0.492 e. The molecule has 1 aromatic carbocycles. The number of aromatic nitrogens is 5. The van der Waals surface area contributed by atoms with E-state index in [4.69, 9.17) is 9.72 Å². The number of pyridine rings is 2. The topological polar surface area (TPSA) is 71.3 Å². The number of piperidine rings is 1. The van der Waals surface area contributed by atoms with E-state index in [0.717, 1.165) is 58.1 Å². The van der Waals surface area contributed by atoms with E-state index in [-0.39, 0.29) is 0 Å². The summed E-state index contributed by atoms with van der Waals surface area (Å²) >= 11 is 2.08. The van der Waals surface area contributed by atoms with Gasteiger partial charge in [0.25, 0.3) is 0 Å². The third-order valence-corrected chi connectivity index (χ3v) is 8.01. The number of nitrogens with one attached hydrogen (secondary N) is 1. The molecule has 178 valence electrons. The molecule has 7 nitrogen and oxygen atoms in total. The van der Waals surface area contributed by atoms with Crippen molar-refractivity contribution in [2.45, 2.75) is 30.8 Å². The summed E-state index contributed by atoms with van der Waals surface area (Å²) in [7, 11) is 0. The lowest BCUT2D eigenvalue weighted by atomic mass is 10.1. The molecule has 1 fully saturated rings. The van der Waals surface area contributed by atoms with Crippen molar-refractivity contribution in [3.63, 3.8) is 0 Å². The fourth-order valence-corrected chi connectivity index (χ4v) is 5.94. The van der Waals surface area contributed by atoms with Gasteiger partial charge in [-0.15, -0.1) is 5.10 Å². The number of fused-ring (bicyclic) bond motifs is 3. The van der Waals surface area contributed by atoms with Crippen LogP contribution in [0, 0.1) is 0 Å². The Bertz CT molecular complexity index is 1420. The number of ether oxygens (including phenoxy) is 1. The highest BCUT2D eigenvalue weighted by molar-refractivity contribution is 7.99. The van der Waals surface area contributed by atoms with Gasteiger partial charge in [-0.25, -0.2) is 9.50 Å². The van der Waals surface area contributed by atoms with Gasteiger partial charge in [0.15, 0.2) is 5.65 Å². The third kappa shape index (κ3) is 4.46. The average Bonchev–Trinajstić information content (AvgIpc) is 3.50. The average molecular weight is 485 g/mol. The highest BCUT2D eigenvalue weighted by Gasteiger charge is 2.21. The Kier molecular flexibility index (Phi) is 6.04. The molecule has 0 spiro atoms. The molecular formula is C27H28N6OS. The van der Waals surface area contributed by atoms with E-state index in [9.17, 15) is 0 Å². The van der Waals surface area contributed by atoms with Gasteiger partial charge in [0, 0.05) is 41.4 Å². The summed E-state index contributed by atoms with van der Waals surface area (Å²) in [6.07, 6.45) is 8.08. The predicted molar refractivity (Wildman–Crippen MR) is 142 cm³/mol. The van der Waals surface area contributed by atoms with Crippen LogP contribution in [0.15, 0.2) is 67.1 Å². The monoisotopic (exact) mass is 484 g/mol. The van der Waals surface area contributed by atoms with Crippen LogP contribution in [0.1, 0.15) is 25.3 Å². The van der Waals surface area contributed by atoms with Crippen LogP contribution in [0.3, 0.4) is 0 Å². The number of aromatic amines is 1.